The molecule has 0 fully saturated rings. The lowest BCUT2D eigenvalue weighted by molar-refractivity contribution is 1.08. The maximum atomic E-state index is 8.65. The summed E-state index contributed by atoms with van der Waals surface area (Å²) in [4.78, 5) is 4.43. The van der Waals surface area contributed by atoms with E-state index in [-0.39, 0.29) is 5.57 Å². The minimum absolute atomic E-state index is 0.0141. The molecule has 0 aliphatic rings. The second kappa shape index (κ2) is 6.72. The van der Waals surface area contributed by atoms with Crippen LogP contribution in [-0.2, 0) is 6.42 Å². The van der Waals surface area contributed by atoms with Crippen molar-refractivity contribution in [3.8, 4) is 12.1 Å². The van der Waals surface area contributed by atoms with E-state index in [2.05, 4.69) is 10.3 Å². The summed E-state index contributed by atoms with van der Waals surface area (Å²) in [7, 11) is 0. The van der Waals surface area contributed by atoms with Crippen molar-refractivity contribution in [2.24, 2.45) is 0 Å². The molecular weight excluding hydrogens is 248 g/mol. The van der Waals surface area contributed by atoms with E-state index in [1.807, 2.05) is 42.5 Å². The van der Waals surface area contributed by atoms with Crippen LogP contribution in [0, 0.1) is 22.7 Å². The number of hydrogen-bond donors (Lipinski definition) is 1. The number of anilines is 1. The molecule has 4 heteroatoms. The summed E-state index contributed by atoms with van der Waals surface area (Å²) >= 11 is 0. The summed E-state index contributed by atoms with van der Waals surface area (Å²) in [5.41, 5.74) is 2.12. The van der Waals surface area contributed by atoms with Gasteiger partial charge in [0.15, 0.2) is 0 Å². The van der Waals surface area contributed by atoms with Crippen LogP contribution in [0.4, 0.5) is 5.82 Å². The van der Waals surface area contributed by atoms with Gasteiger partial charge in [-0.2, -0.15) is 10.5 Å². The molecule has 0 bridgehead atoms. The van der Waals surface area contributed by atoms with Gasteiger partial charge < -0.3 is 5.32 Å². The highest BCUT2D eigenvalue weighted by Crippen LogP contribution is 2.10. The summed E-state index contributed by atoms with van der Waals surface area (Å²) in [6, 6.07) is 19.2. The van der Waals surface area contributed by atoms with Crippen LogP contribution >= 0.6 is 0 Å². The van der Waals surface area contributed by atoms with Gasteiger partial charge in [0.25, 0.3) is 0 Å². The summed E-state index contributed by atoms with van der Waals surface area (Å²) in [5, 5.41) is 20.2. The van der Waals surface area contributed by atoms with Gasteiger partial charge in [0.05, 0.1) is 0 Å². The number of rotatable bonds is 4. The Balaban J connectivity index is 2.11. The molecule has 0 spiro atoms. The lowest BCUT2D eigenvalue weighted by Crippen LogP contribution is -1.97. The fourth-order valence-electron chi connectivity index (χ4n) is 1.70. The highest BCUT2D eigenvalue weighted by atomic mass is 15.0. The van der Waals surface area contributed by atoms with Gasteiger partial charge in [-0.3, -0.25) is 0 Å². The molecular formula is C16H12N4. The standard InChI is InChI=1S/C16H12N4/c17-10-14(11-18)12-19-16-8-4-7-15(20-16)9-13-5-2-1-3-6-13/h1-8,12H,9H2,(H,19,20). The Labute approximate surface area is 117 Å². The quantitative estimate of drug-likeness (QED) is 0.857. The van der Waals surface area contributed by atoms with E-state index in [0.717, 1.165) is 12.1 Å². The highest BCUT2D eigenvalue weighted by molar-refractivity contribution is 5.45. The number of allylic oxidation sites excluding steroid dienone is 1. The summed E-state index contributed by atoms with van der Waals surface area (Å²) in [6.07, 6.45) is 2.10. The van der Waals surface area contributed by atoms with Gasteiger partial charge in [0.1, 0.15) is 23.5 Å². The Kier molecular flexibility index (Phi) is 4.48. The predicted octanol–water partition coefficient (Wildman–Crippen LogP) is 3.02. The molecule has 1 aromatic heterocycles. The molecule has 1 N–H and O–H groups in total. The molecule has 1 heterocycles. The van der Waals surface area contributed by atoms with Gasteiger partial charge in [0.2, 0.25) is 0 Å². The summed E-state index contributed by atoms with van der Waals surface area (Å²) < 4.78 is 0. The van der Waals surface area contributed by atoms with Gasteiger partial charge in [-0.15, -0.1) is 0 Å². The van der Waals surface area contributed by atoms with E-state index in [4.69, 9.17) is 10.5 Å². The number of aromatic nitrogens is 1. The van der Waals surface area contributed by atoms with Gasteiger partial charge in [-0.05, 0) is 17.7 Å². The van der Waals surface area contributed by atoms with Gasteiger partial charge in [0, 0.05) is 18.3 Å². The average molecular weight is 260 g/mol. The molecule has 0 aliphatic heterocycles. The molecule has 0 unspecified atom stereocenters. The fraction of sp³-hybridized carbons (Fsp3) is 0.0625. The summed E-state index contributed by atoms with van der Waals surface area (Å²) in [5.74, 6) is 0.612. The first-order chi connectivity index (χ1) is 9.81. The first kappa shape index (κ1) is 13.3. The summed E-state index contributed by atoms with van der Waals surface area (Å²) in [6.45, 7) is 0. The van der Waals surface area contributed by atoms with E-state index in [9.17, 15) is 0 Å². The topological polar surface area (TPSA) is 72.5 Å². The number of benzene rings is 1. The molecule has 0 saturated heterocycles. The number of hydrogen-bond acceptors (Lipinski definition) is 4. The Morgan fingerprint density at radius 1 is 1.05 bits per heavy atom. The van der Waals surface area contributed by atoms with Crippen molar-refractivity contribution in [1.82, 2.24) is 4.98 Å². The zero-order valence-electron chi connectivity index (χ0n) is 10.7. The number of pyridine rings is 1. The van der Waals surface area contributed by atoms with E-state index in [1.165, 1.54) is 11.8 Å². The molecule has 4 nitrogen and oxygen atoms in total. The van der Waals surface area contributed by atoms with Crippen molar-refractivity contribution in [2.75, 3.05) is 5.32 Å². The van der Waals surface area contributed by atoms with Crippen LogP contribution in [-0.4, -0.2) is 4.98 Å². The number of nitriles is 2. The van der Waals surface area contributed by atoms with Crippen molar-refractivity contribution in [2.45, 2.75) is 6.42 Å². The lowest BCUT2D eigenvalue weighted by Gasteiger charge is -2.04. The van der Waals surface area contributed by atoms with Crippen LogP contribution in [0.3, 0.4) is 0 Å². The second-order valence-corrected chi connectivity index (χ2v) is 4.10. The van der Waals surface area contributed by atoms with E-state index < -0.39 is 0 Å². The zero-order valence-corrected chi connectivity index (χ0v) is 10.7. The van der Waals surface area contributed by atoms with E-state index in [0.29, 0.717) is 5.82 Å². The monoisotopic (exact) mass is 260 g/mol. The Morgan fingerprint density at radius 3 is 2.50 bits per heavy atom. The predicted molar refractivity (Wildman–Crippen MR) is 76.4 cm³/mol. The highest BCUT2D eigenvalue weighted by Gasteiger charge is 1.99. The molecule has 96 valence electrons. The van der Waals surface area contributed by atoms with E-state index >= 15 is 0 Å². The Bertz CT molecular complexity index is 674. The van der Waals surface area contributed by atoms with Gasteiger partial charge in [-0.25, -0.2) is 4.98 Å². The van der Waals surface area contributed by atoms with Crippen LogP contribution in [0.2, 0.25) is 0 Å². The largest absolute Gasteiger partial charge is 0.345 e. The van der Waals surface area contributed by atoms with Crippen LogP contribution in [0.1, 0.15) is 11.3 Å². The van der Waals surface area contributed by atoms with E-state index in [1.54, 1.807) is 18.2 Å². The number of nitrogens with one attached hydrogen (secondary N) is 1. The second-order valence-electron chi connectivity index (χ2n) is 4.10. The third-order valence-corrected chi connectivity index (χ3v) is 2.64. The maximum Gasteiger partial charge on any atom is 0.145 e. The van der Waals surface area contributed by atoms with Crippen LogP contribution in [0.5, 0.6) is 0 Å². The first-order valence-corrected chi connectivity index (χ1v) is 6.08. The third-order valence-electron chi connectivity index (χ3n) is 2.64. The van der Waals surface area contributed by atoms with Gasteiger partial charge in [-0.1, -0.05) is 36.4 Å². The molecule has 0 atom stereocenters. The Morgan fingerprint density at radius 2 is 1.80 bits per heavy atom. The molecule has 0 amide bonds. The molecule has 1 aromatic carbocycles. The fourth-order valence-corrected chi connectivity index (χ4v) is 1.70. The molecule has 2 aromatic rings. The maximum absolute atomic E-state index is 8.65. The minimum atomic E-state index is 0.0141. The third kappa shape index (κ3) is 3.69. The normalized spacial score (nSPS) is 9.10. The smallest absolute Gasteiger partial charge is 0.145 e. The minimum Gasteiger partial charge on any atom is -0.345 e. The first-order valence-electron chi connectivity index (χ1n) is 6.08. The van der Waals surface area contributed by atoms with Gasteiger partial charge >= 0.3 is 0 Å². The van der Waals surface area contributed by atoms with Crippen molar-refractivity contribution >= 4 is 5.82 Å². The molecule has 0 saturated carbocycles. The van der Waals surface area contributed by atoms with Crippen LogP contribution < -0.4 is 5.32 Å². The molecule has 20 heavy (non-hydrogen) atoms. The average Bonchev–Trinajstić information content (AvgIpc) is 2.50. The van der Waals surface area contributed by atoms with Crippen molar-refractivity contribution in [1.29, 1.82) is 10.5 Å². The van der Waals surface area contributed by atoms with Crippen molar-refractivity contribution in [3.05, 3.63) is 71.6 Å². The molecule has 0 radical (unpaired) electrons. The zero-order chi connectivity index (χ0) is 14.2. The SMILES string of the molecule is N#CC(C#N)=CNc1cccc(Cc2ccccc2)n1. The van der Waals surface area contributed by atoms with Crippen molar-refractivity contribution < 1.29 is 0 Å². The lowest BCUT2D eigenvalue weighted by atomic mass is 10.1. The number of nitrogens with zero attached hydrogens (tertiary/aromatic N) is 3. The molecule has 0 aliphatic carbocycles. The van der Waals surface area contributed by atoms with Crippen LogP contribution in [0.25, 0.3) is 0 Å². The van der Waals surface area contributed by atoms with Crippen LogP contribution in [0.15, 0.2) is 60.3 Å². The Hall–Kier alpha value is -3.11. The van der Waals surface area contributed by atoms with Crippen molar-refractivity contribution in [3.63, 3.8) is 0 Å². The molecule has 2 rings (SSSR count).